The molecule has 0 saturated carbocycles. The summed E-state index contributed by atoms with van der Waals surface area (Å²) in [6.07, 6.45) is 0.00738. The second-order valence-corrected chi connectivity index (χ2v) is 4.84. The van der Waals surface area contributed by atoms with Crippen LogP contribution in [0.25, 0.3) is 0 Å². The predicted molar refractivity (Wildman–Crippen MR) is 86.0 cm³/mol. The van der Waals surface area contributed by atoms with Gasteiger partial charge in [0, 0.05) is 17.7 Å². The molecule has 6 nitrogen and oxygen atoms in total. The standard InChI is InChI=1S/C17H16N2O4/c20-16(21)11-10-15(19-23)12-6-8-14(9-7-12)18-17(22)13-4-2-1-3-5-13/h1-9,23H,10-11H2,(H,18,22)(H,20,21)/b19-15+. The molecule has 0 aliphatic rings. The SMILES string of the molecule is O=C(O)CC/C(=N\O)c1ccc(NC(=O)c2ccccc2)cc1. The van der Waals surface area contributed by atoms with Crippen molar-refractivity contribution in [3.63, 3.8) is 0 Å². The average Bonchev–Trinajstić information content (AvgIpc) is 2.57. The summed E-state index contributed by atoms with van der Waals surface area (Å²) in [5, 5.41) is 23.5. The van der Waals surface area contributed by atoms with E-state index in [4.69, 9.17) is 10.3 Å². The molecule has 23 heavy (non-hydrogen) atoms. The maximum Gasteiger partial charge on any atom is 0.303 e. The first-order chi connectivity index (χ1) is 11.1. The smallest absolute Gasteiger partial charge is 0.303 e. The van der Waals surface area contributed by atoms with Crippen molar-refractivity contribution in [3.8, 4) is 0 Å². The first kappa shape index (κ1) is 16.2. The Hall–Kier alpha value is -3.15. The number of oxime groups is 1. The summed E-state index contributed by atoms with van der Waals surface area (Å²) < 4.78 is 0. The first-order valence-electron chi connectivity index (χ1n) is 6.99. The quantitative estimate of drug-likeness (QED) is 0.434. The molecule has 0 atom stereocenters. The maximum absolute atomic E-state index is 12.0. The third-order valence-electron chi connectivity index (χ3n) is 3.21. The lowest BCUT2D eigenvalue weighted by molar-refractivity contribution is -0.136. The molecule has 2 aromatic rings. The number of nitrogens with one attached hydrogen (secondary N) is 1. The van der Waals surface area contributed by atoms with E-state index in [1.54, 1.807) is 48.5 Å². The van der Waals surface area contributed by atoms with Crippen molar-refractivity contribution >= 4 is 23.3 Å². The molecule has 0 bridgehead atoms. The summed E-state index contributed by atoms with van der Waals surface area (Å²) in [7, 11) is 0. The van der Waals surface area contributed by atoms with Gasteiger partial charge in [-0.05, 0) is 29.8 Å². The van der Waals surface area contributed by atoms with Crippen molar-refractivity contribution in [2.75, 3.05) is 5.32 Å². The van der Waals surface area contributed by atoms with Gasteiger partial charge in [0.2, 0.25) is 0 Å². The summed E-state index contributed by atoms with van der Waals surface area (Å²) >= 11 is 0. The minimum Gasteiger partial charge on any atom is -0.481 e. The van der Waals surface area contributed by atoms with E-state index in [1.165, 1.54) is 0 Å². The van der Waals surface area contributed by atoms with Crippen LogP contribution in [-0.4, -0.2) is 27.9 Å². The van der Waals surface area contributed by atoms with Gasteiger partial charge in [0.15, 0.2) is 0 Å². The number of nitrogens with zero attached hydrogens (tertiary/aromatic N) is 1. The van der Waals surface area contributed by atoms with E-state index in [1.807, 2.05) is 6.07 Å². The Kier molecular flexibility index (Phi) is 5.46. The van der Waals surface area contributed by atoms with Crippen molar-refractivity contribution < 1.29 is 19.9 Å². The lowest BCUT2D eigenvalue weighted by atomic mass is 10.1. The van der Waals surface area contributed by atoms with Gasteiger partial charge in [0.1, 0.15) is 0 Å². The number of benzene rings is 2. The second kappa shape index (κ2) is 7.74. The summed E-state index contributed by atoms with van der Waals surface area (Å²) in [6.45, 7) is 0. The van der Waals surface area contributed by atoms with E-state index in [2.05, 4.69) is 10.5 Å². The normalized spacial score (nSPS) is 11.0. The molecule has 2 rings (SSSR count). The van der Waals surface area contributed by atoms with Gasteiger partial charge < -0.3 is 15.6 Å². The fourth-order valence-corrected chi connectivity index (χ4v) is 2.02. The molecule has 0 spiro atoms. The highest BCUT2D eigenvalue weighted by Gasteiger charge is 2.09. The molecule has 0 radical (unpaired) electrons. The zero-order valence-corrected chi connectivity index (χ0v) is 12.3. The average molecular weight is 312 g/mol. The van der Waals surface area contributed by atoms with Gasteiger partial charge in [0.25, 0.3) is 5.91 Å². The molecule has 3 N–H and O–H groups in total. The Morgan fingerprint density at radius 2 is 1.57 bits per heavy atom. The minimum absolute atomic E-state index is 0.119. The maximum atomic E-state index is 12.0. The Bertz CT molecular complexity index is 709. The summed E-state index contributed by atoms with van der Waals surface area (Å²) in [4.78, 5) is 22.6. The van der Waals surface area contributed by atoms with E-state index < -0.39 is 5.97 Å². The number of carbonyl (C=O) groups excluding carboxylic acids is 1. The summed E-state index contributed by atoms with van der Waals surface area (Å²) in [5.74, 6) is -1.18. The van der Waals surface area contributed by atoms with Crippen LogP contribution >= 0.6 is 0 Å². The van der Waals surface area contributed by atoms with E-state index in [-0.39, 0.29) is 24.5 Å². The molecule has 0 saturated heterocycles. The van der Waals surface area contributed by atoms with Gasteiger partial charge in [-0.25, -0.2) is 0 Å². The Labute approximate surface area is 133 Å². The summed E-state index contributed by atoms with van der Waals surface area (Å²) in [5.41, 5.74) is 2.04. The van der Waals surface area contributed by atoms with Crippen molar-refractivity contribution in [1.29, 1.82) is 0 Å². The summed E-state index contributed by atoms with van der Waals surface area (Å²) in [6, 6.07) is 15.5. The highest BCUT2D eigenvalue weighted by molar-refractivity contribution is 6.05. The monoisotopic (exact) mass is 312 g/mol. The van der Waals surface area contributed by atoms with E-state index in [9.17, 15) is 9.59 Å². The highest BCUT2D eigenvalue weighted by atomic mass is 16.4. The fourth-order valence-electron chi connectivity index (χ4n) is 2.02. The second-order valence-electron chi connectivity index (χ2n) is 4.84. The number of carboxylic acid groups (broad SMARTS) is 1. The molecule has 0 aliphatic carbocycles. The lowest BCUT2D eigenvalue weighted by Gasteiger charge is -2.07. The van der Waals surface area contributed by atoms with Crippen LogP contribution in [0.5, 0.6) is 0 Å². The van der Waals surface area contributed by atoms with Gasteiger partial charge in [-0.15, -0.1) is 0 Å². The van der Waals surface area contributed by atoms with Crippen molar-refractivity contribution in [2.24, 2.45) is 5.16 Å². The van der Waals surface area contributed by atoms with E-state index >= 15 is 0 Å². The molecule has 0 aliphatic heterocycles. The first-order valence-corrected chi connectivity index (χ1v) is 6.99. The highest BCUT2D eigenvalue weighted by Crippen LogP contribution is 2.14. The number of amides is 1. The number of rotatable bonds is 6. The van der Waals surface area contributed by atoms with E-state index in [0.29, 0.717) is 16.8 Å². The molecule has 0 aromatic heterocycles. The van der Waals surface area contributed by atoms with Gasteiger partial charge in [-0.3, -0.25) is 9.59 Å². The topological polar surface area (TPSA) is 99.0 Å². The molecule has 0 fully saturated rings. The number of aliphatic carboxylic acids is 1. The molecular weight excluding hydrogens is 296 g/mol. The Balaban J connectivity index is 2.04. The van der Waals surface area contributed by atoms with Crippen LogP contribution in [0.1, 0.15) is 28.8 Å². The lowest BCUT2D eigenvalue weighted by Crippen LogP contribution is -2.12. The van der Waals surface area contributed by atoms with Crippen molar-refractivity contribution in [2.45, 2.75) is 12.8 Å². The van der Waals surface area contributed by atoms with Crippen LogP contribution in [0.3, 0.4) is 0 Å². The van der Waals surface area contributed by atoms with Gasteiger partial charge in [0.05, 0.1) is 12.1 Å². The molecule has 6 heteroatoms. The predicted octanol–water partition coefficient (Wildman–Crippen LogP) is 2.98. The van der Waals surface area contributed by atoms with Crippen molar-refractivity contribution in [1.82, 2.24) is 0 Å². The van der Waals surface area contributed by atoms with Gasteiger partial charge in [-0.2, -0.15) is 0 Å². The van der Waals surface area contributed by atoms with Crippen LogP contribution in [0.4, 0.5) is 5.69 Å². The molecular formula is C17H16N2O4. The largest absolute Gasteiger partial charge is 0.481 e. The van der Waals surface area contributed by atoms with Crippen LogP contribution in [0.2, 0.25) is 0 Å². The number of anilines is 1. The Morgan fingerprint density at radius 1 is 0.913 bits per heavy atom. The molecule has 2 aromatic carbocycles. The third kappa shape index (κ3) is 4.67. The van der Waals surface area contributed by atoms with Crippen LogP contribution in [-0.2, 0) is 4.79 Å². The number of carboxylic acids is 1. The van der Waals surface area contributed by atoms with Crippen LogP contribution in [0, 0.1) is 0 Å². The van der Waals surface area contributed by atoms with Crippen LogP contribution < -0.4 is 5.32 Å². The zero-order chi connectivity index (χ0) is 16.7. The van der Waals surface area contributed by atoms with Gasteiger partial charge >= 0.3 is 5.97 Å². The molecule has 1 amide bonds. The molecule has 0 heterocycles. The Morgan fingerprint density at radius 3 is 2.13 bits per heavy atom. The molecule has 0 unspecified atom stereocenters. The van der Waals surface area contributed by atoms with Gasteiger partial charge in [-0.1, -0.05) is 35.5 Å². The third-order valence-corrected chi connectivity index (χ3v) is 3.21. The van der Waals surface area contributed by atoms with E-state index in [0.717, 1.165) is 0 Å². The fraction of sp³-hybridized carbons (Fsp3) is 0.118. The molecule has 118 valence electrons. The number of carbonyl (C=O) groups is 2. The minimum atomic E-state index is -0.960. The number of hydrogen-bond donors (Lipinski definition) is 3. The van der Waals surface area contributed by atoms with Crippen LogP contribution in [0.15, 0.2) is 59.8 Å². The zero-order valence-electron chi connectivity index (χ0n) is 12.3. The number of hydrogen-bond acceptors (Lipinski definition) is 4. The van der Waals surface area contributed by atoms with Crippen molar-refractivity contribution in [3.05, 3.63) is 65.7 Å².